The molecule has 0 aromatic heterocycles. The largest absolute Gasteiger partial charge is 0.507 e. The van der Waals surface area contributed by atoms with Crippen LogP contribution >= 0.6 is 0 Å². The maximum Gasteiger partial charge on any atom is 0.188 e. The van der Waals surface area contributed by atoms with Crippen molar-refractivity contribution in [2.45, 2.75) is 0 Å². The van der Waals surface area contributed by atoms with Crippen LogP contribution in [0.1, 0.15) is 10.4 Å². The molecule has 1 rings (SSSR count). The zero-order chi connectivity index (χ0) is 10.6. The summed E-state index contributed by atoms with van der Waals surface area (Å²) in [4.78, 5) is 10.4. The van der Waals surface area contributed by atoms with Crippen LogP contribution in [0.2, 0.25) is 0 Å². The fourth-order valence-corrected chi connectivity index (χ4v) is 0.906. The topological polar surface area (TPSA) is 76.0 Å². The number of rotatable bonds is 4. The van der Waals surface area contributed by atoms with E-state index in [1.54, 1.807) is 0 Å². The minimum Gasteiger partial charge on any atom is -0.507 e. The van der Waals surface area contributed by atoms with Gasteiger partial charge in [-0.3, -0.25) is 4.79 Å². The van der Waals surface area contributed by atoms with Crippen molar-refractivity contribution in [1.29, 1.82) is 0 Å². The van der Waals surface area contributed by atoms with E-state index in [2.05, 4.69) is 4.74 Å². The number of phenolic OH excluding ortho intramolecular Hbond substituents is 2. The van der Waals surface area contributed by atoms with Gasteiger partial charge in [-0.2, -0.15) is 0 Å². The fourth-order valence-electron chi connectivity index (χ4n) is 0.906. The molecular formula is C9H10O5. The zero-order valence-corrected chi connectivity index (χ0v) is 7.56. The first kappa shape index (κ1) is 10.3. The van der Waals surface area contributed by atoms with E-state index in [0.717, 1.165) is 12.1 Å². The summed E-state index contributed by atoms with van der Waals surface area (Å²) < 4.78 is 9.53. The molecule has 0 unspecified atom stereocenters. The fraction of sp³-hybridized carbons (Fsp3) is 0.222. The van der Waals surface area contributed by atoms with Crippen molar-refractivity contribution >= 4 is 6.29 Å². The lowest BCUT2D eigenvalue weighted by Gasteiger charge is -2.07. The molecule has 5 heteroatoms. The number of ether oxygens (including phenoxy) is 2. The number of carbonyl (C=O) groups is 1. The molecule has 0 saturated heterocycles. The monoisotopic (exact) mass is 198 g/mol. The van der Waals surface area contributed by atoms with Gasteiger partial charge in [-0.15, -0.1) is 0 Å². The molecule has 0 atom stereocenters. The SMILES string of the molecule is COCOc1cc(O)c(C=O)cc1O. The van der Waals surface area contributed by atoms with Crippen molar-refractivity contribution in [2.24, 2.45) is 0 Å². The minimum atomic E-state index is -0.246. The van der Waals surface area contributed by atoms with Gasteiger partial charge in [0.1, 0.15) is 5.75 Å². The van der Waals surface area contributed by atoms with Gasteiger partial charge in [-0.25, -0.2) is 0 Å². The predicted octanol–water partition coefficient (Wildman–Crippen LogP) is 0.893. The summed E-state index contributed by atoms with van der Waals surface area (Å²) in [6.07, 6.45) is 0.440. The third-order valence-electron chi connectivity index (χ3n) is 1.57. The van der Waals surface area contributed by atoms with Crippen LogP contribution in [0, 0.1) is 0 Å². The van der Waals surface area contributed by atoms with Crippen LogP contribution in [0.15, 0.2) is 12.1 Å². The van der Waals surface area contributed by atoms with Crippen molar-refractivity contribution in [2.75, 3.05) is 13.9 Å². The Labute approximate surface area is 80.5 Å². The predicted molar refractivity (Wildman–Crippen MR) is 47.7 cm³/mol. The van der Waals surface area contributed by atoms with Gasteiger partial charge < -0.3 is 19.7 Å². The van der Waals surface area contributed by atoms with Crippen LogP contribution in [0.4, 0.5) is 0 Å². The molecule has 14 heavy (non-hydrogen) atoms. The van der Waals surface area contributed by atoms with E-state index in [9.17, 15) is 15.0 Å². The second-order valence-electron chi connectivity index (χ2n) is 2.55. The second-order valence-corrected chi connectivity index (χ2v) is 2.55. The molecular weight excluding hydrogens is 188 g/mol. The van der Waals surface area contributed by atoms with Crippen molar-refractivity contribution in [3.8, 4) is 17.2 Å². The number of hydrogen-bond acceptors (Lipinski definition) is 5. The van der Waals surface area contributed by atoms with E-state index in [4.69, 9.17) is 4.74 Å². The van der Waals surface area contributed by atoms with Gasteiger partial charge in [-0.1, -0.05) is 0 Å². The standard InChI is InChI=1S/C9H10O5/c1-13-5-14-9-3-7(11)6(4-10)2-8(9)12/h2-4,11-12H,5H2,1H3. The summed E-state index contributed by atoms with van der Waals surface area (Å²) in [7, 11) is 1.43. The molecule has 0 aliphatic carbocycles. The van der Waals surface area contributed by atoms with Gasteiger partial charge in [0.15, 0.2) is 24.6 Å². The van der Waals surface area contributed by atoms with Crippen molar-refractivity contribution < 1.29 is 24.5 Å². The molecule has 2 N–H and O–H groups in total. The molecule has 1 aromatic carbocycles. The third-order valence-corrected chi connectivity index (χ3v) is 1.57. The highest BCUT2D eigenvalue weighted by atomic mass is 16.7. The molecule has 0 radical (unpaired) electrons. The number of carbonyl (C=O) groups excluding carboxylic acids is 1. The summed E-state index contributed by atoms with van der Waals surface area (Å²) >= 11 is 0. The molecule has 76 valence electrons. The Kier molecular flexibility index (Phi) is 3.30. The van der Waals surface area contributed by atoms with Gasteiger partial charge in [0.2, 0.25) is 0 Å². The quantitative estimate of drug-likeness (QED) is 0.427. The first-order chi connectivity index (χ1) is 6.69. The first-order valence-electron chi connectivity index (χ1n) is 3.82. The Balaban J connectivity index is 2.96. The van der Waals surface area contributed by atoms with E-state index in [1.165, 1.54) is 7.11 Å². The maximum absolute atomic E-state index is 10.4. The number of phenols is 2. The van der Waals surface area contributed by atoms with E-state index in [1.807, 2.05) is 0 Å². The summed E-state index contributed by atoms with van der Waals surface area (Å²) in [5.41, 5.74) is 0.00673. The molecule has 0 heterocycles. The minimum absolute atomic E-state index is 0.00673. The zero-order valence-electron chi connectivity index (χ0n) is 7.56. The Morgan fingerprint density at radius 1 is 1.36 bits per heavy atom. The van der Waals surface area contributed by atoms with Crippen molar-refractivity contribution in [1.82, 2.24) is 0 Å². The van der Waals surface area contributed by atoms with E-state index in [0.29, 0.717) is 6.29 Å². The number of hydrogen-bond donors (Lipinski definition) is 2. The summed E-state index contributed by atoms with van der Waals surface area (Å²) in [6.45, 7) is -0.0482. The van der Waals surface area contributed by atoms with Crippen LogP contribution in [-0.4, -0.2) is 30.4 Å². The van der Waals surface area contributed by atoms with Gasteiger partial charge in [0, 0.05) is 13.2 Å². The number of aromatic hydroxyl groups is 2. The van der Waals surface area contributed by atoms with Crippen LogP contribution < -0.4 is 4.74 Å². The van der Waals surface area contributed by atoms with Crippen LogP contribution in [0.25, 0.3) is 0 Å². The first-order valence-corrected chi connectivity index (χ1v) is 3.82. The molecule has 0 saturated carbocycles. The van der Waals surface area contributed by atoms with Crippen LogP contribution in [0.3, 0.4) is 0 Å². The maximum atomic E-state index is 10.4. The van der Waals surface area contributed by atoms with Gasteiger partial charge in [-0.05, 0) is 6.07 Å². The smallest absolute Gasteiger partial charge is 0.188 e. The summed E-state index contributed by atoms with van der Waals surface area (Å²) in [5.74, 6) is -0.402. The molecule has 0 spiro atoms. The molecule has 0 amide bonds. The molecule has 0 aliphatic heterocycles. The van der Waals surface area contributed by atoms with Gasteiger partial charge in [0.05, 0.1) is 5.56 Å². The number of methoxy groups -OCH3 is 1. The highest BCUT2D eigenvalue weighted by Gasteiger charge is 2.08. The van der Waals surface area contributed by atoms with Crippen LogP contribution in [0.5, 0.6) is 17.2 Å². The molecule has 0 aliphatic rings. The molecule has 1 aromatic rings. The number of benzene rings is 1. The Hall–Kier alpha value is -1.75. The Bertz CT molecular complexity index is 334. The van der Waals surface area contributed by atoms with Gasteiger partial charge in [0.25, 0.3) is 0 Å². The van der Waals surface area contributed by atoms with Crippen molar-refractivity contribution in [3.05, 3.63) is 17.7 Å². The molecule has 5 nitrogen and oxygen atoms in total. The normalized spacial score (nSPS) is 9.79. The average Bonchev–Trinajstić information content (AvgIpc) is 2.18. The van der Waals surface area contributed by atoms with E-state index < -0.39 is 0 Å². The summed E-state index contributed by atoms with van der Waals surface area (Å²) in [5, 5.41) is 18.6. The highest BCUT2D eigenvalue weighted by molar-refractivity contribution is 5.80. The summed E-state index contributed by atoms with van der Waals surface area (Å²) in [6, 6.07) is 2.27. The Morgan fingerprint density at radius 3 is 2.64 bits per heavy atom. The van der Waals surface area contributed by atoms with Gasteiger partial charge >= 0.3 is 0 Å². The second kappa shape index (κ2) is 4.48. The number of aldehydes is 1. The van der Waals surface area contributed by atoms with E-state index in [-0.39, 0.29) is 29.6 Å². The third kappa shape index (κ3) is 2.14. The van der Waals surface area contributed by atoms with Crippen molar-refractivity contribution in [3.63, 3.8) is 0 Å². The highest BCUT2D eigenvalue weighted by Crippen LogP contribution is 2.32. The van der Waals surface area contributed by atoms with E-state index >= 15 is 0 Å². The lowest BCUT2D eigenvalue weighted by molar-refractivity contribution is 0.0490. The lowest BCUT2D eigenvalue weighted by Crippen LogP contribution is -1.99. The van der Waals surface area contributed by atoms with Crippen LogP contribution in [-0.2, 0) is 4.74 Å². The average molecular weight is 198 g/mol. The molecule has 0 bridgehead atoms. The lowest BCUT2D eigenvalue weighted by atomic mass is 10.2. The Morgan fingerprint density at radius 2 is 2.07 bits per heavy atom. The molecule has 0 fully saturated rings.